The highest BCUT2D eigenvalue weighted by Crippen LogP contribution is 2.32. The molecule has 0 radical (unpaired) electrons. The fourth-order valence-electron chi connectivity index (χ4n) is 3.82. The second kappa shape index (κ2) is 8.11. The van der Waals surface area contributed by atoms with Gasteiger partial charge in [0.25, 0.3) is 5.56 Å². The lowest BCUT2D eigenvalue weighted by Crippen LogP contribution is -2.41. The summed E-state index contributed by atoms with van der Waals surface area (Å²) in [6.45, 7) is 11.0. The normalized spacial score (nSPS) is 15.7. The molecule has 4 heterocycles. The van der Waals surface area contributed by atoms with E-state index in [1.807, 2.05) is 25.3 Å². The summed E-state index contributed by atoms with van der Waals surface area (Å²) in [4.78, 5) is 34.2. The molecule has 4 rings (SSSR count). The van der Waals surface area contributed by atoms with E-state index in [0.29, 0.717) is 24.7 Å². The van der Waals surface area contributed by atoms with Gasteiger partial charge in [-0.1, -0.05) is 13.8 Å². The van der Waals surface area contributed by atoms with Crippen molar-refractivity contribution < 1.29 is 9.53 Å². The predicted molar refractivity (Wildman–Crippen MR) is 121 cm³/mol. The lowest BCUT2D eigenvalue weighted by atomic mass is 9.93. The Bertz CT molecular complexity index is 1150. The molecule has 9 heteroatoms. The summed E-state index contributed by atoms with van der Waals surface area (Å²) in [6, 6.07) is 1.62. The lowest BCUT2D eigenvalue weighted by Gasteiger charge is -2.33. The maximum absolute atomic E-state index is 12.5. The van der Waals surface area contributed by atoms with Gasteiger partial charge < -0.3 is 14.6 Å². The third-order valence-corrected chi connectivity index (χ3v) is 6.34. The minimum atomic E-state index is -0.510. The topological polar surface area (TPSA) is 92.6 Å². The molecule has 1 amide bonds. The molecule has 1 N–H and O–H groups in total. The number of fused-ring (bicyclic) bond motifs is 1. The Morgan fingerprint density at radius 3 is 2.61 bits per heavy atom. The second-order valence-corrected chi connectivity index (χ2v) is 10.2. The van der Waals surface area contributed by atoms with Crippen molar-refractivity contribution in [2.45, 2.75) is 64.9 Å². The number of hydrogen-bond acceptors (Lipinski definition) is 6. The van der Waals surface area contributed by atoms with Crippen molar-refractivity contribution in [2.24, 2.45) is 0 Å². The maximum atomic E-state index is 12.5. The quantitative estimate of drug-likeness (QED) is 0.648. The molecule has 3 aromatic rings. The fraction of sp³-hybridized carbons (Fsp3) is 0.545. The molecule has 1 saturated heterocycles. The molecule has 1 aliphatic heterocycles. The lowest BCUT2D eigenvalue weighted by molar-refractivity contribution is 0.0203. The van der Waals surface area contributed by atoms with Crippen LogP contribution in [0.15, 0.2) is 22.4 Å². The average Bonchev–Trinajstić information content (AvgIpc) is 3.33. The molecule has 3 aromatic heterocycles. The Labute approximate surface area is 185 Å². The van der Waals surface area contributed by atoms with Crippen LogP contribution in [0.25, 0.3) is 16.2 Å². The van der Waals surface area contributed by atoms with Crippen LogP contribution in [0.5, 0.6) is 0 Å². The standard InChI is InChI=1S/C22H29N5O3S/c1-13(2)16-12-31-20(24-16)15-11-23-27-17(10-18(28)25-19(15)27)14-6-8-26(9-7-14)21(29)30-22(3,4)5/h10-14H,6-9H2,1-5H3,(H,25,28). The number of hydrogen-bond donors (Lipinski definition) is 1. The first kappa shape index (κ1) is 21.5. The van der Waals surface area contributed by atoms with Crippen LogP contribution < -0.4 is 5.56 Å². The number of nitrogens with one attached hydrogen (secondary N) is 1. The van der Waals surface area contributed by atoms with E-state index in [0.717, 1.165) is 34.8 Å². The number of carbonyl (C=O) groups excluding carboxylic acids is 1. The van der Waals surface area contributed by atoms with E-state index in [9.17, 15) is 9.59 Å². The summed E-state index contributed by atoms with van der Waals surface area (Å²) in [5.41, 5.74) is 2.74. The van der Waals surface area contributed by atoms with Gasteiger partial charge in [-0.2, -0.15) is 5.10 Å². The number of H-pyrrole nitrogens is 1. The number of rotatable bonds is 3. The predicted octanol–water partition coefficient (Wildman–Crippen LogP) is 4.38. The summed E-state index contributed by atoms with van der Waals surface area (Å²) in [7, 11) is 0. The highest BCUT2D eigenvalue weighted by atomic mass is 32.1. The van der Waals surface area contributed by atoms with Gasteiger partial charge in [0.05, 0.1) is 23.1 Å². The van der Waals surface area contributed by atoms with Crippen LogP contribution in [-0.2, 0) is 4.74 Å². The fourth-order valence-corrected chi connectivity index (χ4v) is 4.81. The number of nitrogens with zero attached hydrogens (tertiary/aromatic N) is 4. The molecule has 166 valence electrons. The largest absolute Gasteiger partial charge is 0.444 e. The molecule has 0 unspecified atom stereocenters. The average molecular weight is 444 g/mol. The number of thiazole rings is 1. The number of piperidine rings is 1. The first-order chi connectivity index (χ1) is 14.6. The number of amides is 1. The van der Waals surface area contributed by atoms with Crippen molar-refractivity contribution >= 4 is 23.1 Å². The number of carbonyl (C=O) groups is 1. The molecular formula is C22H29N5O3S. The summed E-state index contributed by atoms with van der Waals surface area (Å²) in [5.74, 6) is 0.482. The van der Waals surface area contributed by atoms with Crippen molar-refractivity contribution in [1.82, 2.24) is 24.5 Å². The highest BCUT2D eigenvalue weighted by molar-refractivity contribution is 7.13. The Kier molecular flexibility index (Phi) is 5.63. The van der Waals surface area contributed by atoms with Gasteiger partial charge in [-0.3, -0.25) is 4.79 Å². The van der Waals surface area contributed by atoms with Crippen LogP contribution in [0.4, 0.5) is 4.79 Å². The van der Waals surface area contributed by atoms with Crippen LogP contribution in [0.2, 0.25) is 0 Å². The second-order valence-electron chi connectivity index (χ2n) is 9.35. The van der Waals surface area contributed by atoms with Gasteiger partial charge in [0.1, 0.15) is 16.3 Å². The van der Waals surface area contributed by atoms with Crippen molar-refractivity contribution in [2.75, 3.05) is 13.1 Å². The summed E-state index contributed by atoms with van der Waals surface area (Å²) < 4.78 is 7.31. The molecule has 0 aromatic carbocycles. The van der Waals surface area contributed by atoms with Crippen molar-refractivity contribution in [3.8, 4) is 10.6 Å². The number of aromatic amines is 1. The van der Waals surface area contributed by atoms with Gasteiger partial charge in [-0.05, 0) is 39.5 Å². The SMILES string of the molecule is CC(C)c1csc(-c2cnn3c(C4CCN(C(=O)OC(C)(C)C)CC4)cc(=O)[nH]c23)n1. The molecule has 0 aliphatic carbocycles. The monoisotopic (exact) mass is 443 g/mol. The smallest absolute Gasteiger partial charge is 0.410 e. The molecule has 1 aliphatic rings. The Hall–Kier alpha value is -2.68. The van der Waals surface area contributed by atoms with Gasteiger partial charge in [-0.25, -0.2) is 14.3 Å². The van der Waals surface area contributed by atoms with Gasteiger partial charge in [0.15, 0.2) is 0 Å². The summed E-state index contributed by atoms with van der Waals surface area (Å²) in [5, 5.41) is 7.48. The highest BCUT2D eigenvalue weighted by Gasteiger charge is 2.29. The van der Waals surface area contributed by atoms with Crippen LogP contribution in [-0.4, -0.2) is 49.3 Å². The molecule has 0 atom stereocenters. The van der Waals surface area contributed by atoms with Crippen LogP contribution >= 0.6 is 11.3 Å². The van der Waals surface area contributed by atoms with Crippen LogP contribution in [0.3, 0.4) is 0 Å². The van der Waals surface area contributed by atoms with Gasteiger partial charge in [-0.15, -0.1) is 11.3 Å². The first-order valence-corrected chi connectivity index (χ1v) is 11.5. The van der Waals surface area contributed by atoms with Gasteiger partial charge >= 0.3 is 6.09 Å². The Morgan fingerprint density at radius 1 is 1.29 bits per heavy atom. The van der Waals surface area contributed by atoms with E-state index in [1.165, 1.54) is 0 Å². The van der Waals surface area contributed by atoms with Crippen molar-refractivity contribution in [3.05, 3.63) is 39.4 Å². The van der Waals surface area contributed by atoms with E-state index in [4.69, 9.17) is 9.72 Å². The molecule has 0 spiro atoms. The third-order valence-electron chi connectivity index (χ3n) is 5.44. The van der Waals surface area contributed by atoms with E-state index < -0.39 is 5.60 Å². The zero-order valence-electron chi connectivity index (χ0n) is 18.6. The third kappa shape index (κ3) is 4.51. The number of ether oxygens (including phenoxy) is 1. The molecular weight excluding hydrogens is 414 g/mol. The zero-order chi connectivity index (χ0) is 22.3. The Morgan fingerprint density at radius 2 is 2.00 bits per heavy atom. The number of aromatic nitrogens is 4. The number of likely N-dealkylation sites (tertiary alicyclic amines) is 1. The molecule has 0 bridgehead atoms. The van der Waals surface area contributed by atoms with Crippen molar-refractivity contribution in [1.29, 1.82) is 0 Å². The molecule has 8 nitrogen and oxygen atoms in total. The van der Waals surface area contributed by atoms with E-state index >= 15 is 0 Å². The summed E-state index contributed by atoms with van der Waals surface area (Å²) in [6.07, 6.45) is 2.99. The maximum Gasteiger partial charge on any atom is 0.410 e. The van der Waals surface area contributed by atoms with Gasteiger partial charge in [0.2, 0.25) is 0 Å². The van der Waals surface area contributed by atoms with E-state index in [1.54, 1.807) is 28.5 Å². The Balaban J connectivity index is 1.59. The molecule has 0 saturated carbocycles. The molecule has 1 fully saturated rings. The van der Waals surface area contributed by atoms with Gasteiger partial charge in [0, 0.05) is 30.5 Å². The summed E-state index contributed by atoms with van der Waals surface area (Å²) >= 11 is 1.56. The van der Waals surface area contributed by atoms with E-state index in [-0.39, 0.29) is 17.6 Å². The van der Waals surface area contributed by atoms with E-state index in [2.05, 4.69) is 29.3 Å². The van der Waals surface area contributed by atoms with Crippen LogP contribution in [0.1, 0.15) is 70.7 Å². The zero-order valence-corrected chi connectivity index (χ0v) is 19.5. The minimum absolute atomic E-state index is 0.138. The molecule has 31 heavy (non-hydrogen) atoms. The first-order valence-electron chi connectivity index (χ1n) is 10.7. The minimum Gasteiger partial charge on any atom is -0.444 e. The van der Waals surface area contributed by atoms with Crippen LogP contribution in [0, 0.1) is 0 Å². The van der Waals surface area contributed by atoms with Crippen molar-refractivity contribution in [3.63, 3.8) is 0 Å².